The van der Waals surface area contributed by atoms with Gasteiger partial charge in [-0.15, -0.1) is 0 Å². The molecule has 20 nitrogen and oxygen atoms in total. The van der Waals surface area contributed by atoms with E-state index in [1.165, 1.54) is 141 Å². The van der Waals surface area contributed by atoms with Gasteiger partial charge >= 0.3 is 664 Å². The third-order valence-corrected chi connectivity index (χ3v) is 17.3. The van der Waals surface area contributed by atoms with Crippen molar-refractivity contribution >= 4 is 118 Å². The molecule has 0 radical (unpaired) electrons. The first kappa shape index (κ1) is 523. The van der Waals surface area contributed by atoms with Crippen molar-refractivity contribution in [3.05, 3.63) is 50.7 Å². The van der Waals surface area contributed by atoms with Gasteiger partial charge in [0.1, 0.15) is 0 Å². The summed E-state index contributed by atoms with van der Waals surface area (Å²) in [5, 5.41) is 47.6. The van der Waals surface area contributed by atoms with Gasteiger partial charge in [0.25, 0.3) is 0 Å². The standard InChI is InChI=1S/C9H10NO.C8H9N3O.2C7H7N2O.C5H4N3O.C4H3N3O.CH4.87W/c1-5-9(6-2)10(7-3)8(4)11;1-4-7(12)11(5-2)8(10)6(3)9;2*1-4-7(8)9(5-2)6(3)10;1-3-5(6)8(7)4(2)9;1-2-7(3-8)4(5)6;;;;;;;;;;;;;;;;;;;;;;;;;;;;;;;;;;;;;;;;;;;;;;;;;;;;;;;;;;;;;;;;;;;;;;;;;;;;;;;;;;;;;;;;/h4H,1-3H3;1-3H3;2*3H,1-2H3;2H,1H3;1H3;1H4;;;;;;;;;;;;;;;;;;;;;;;;;;;;;;;;;;;;;;;;;;;;;;;;;;;;;;;;;;;;;;;;;;;;;;;;;;;;;;;;;;;;;;;/q-1;-2;3*-1;-2;;;;;;;;;;;;;;;;;;;;;;;;;;;;;;;;;;;;;;;;;;;;;;;;;;;;;;;;;;;;;;;;;;;;;;;;;;;;;;;;;;;;;;;;. The summed E-state index contributed by atoms with van der Waals surface area (Å²) < 4.78 is 25.3. The number of carbonyl (C=O) groups is 5. The van der Waals surface area contributed by atoms with Gasteiger partial charge < -0.3 is 0 Å². The van der Waals surface area contributed by atoms with Crippen LogP contribution in [0, 0.1) is 12.2 Å². The zero-order valence-electron chi connectivity index (χ0n) is 70.5. The molecule has 0 aliphatic carbocycles. The van der Waals surface area contributed by atoms with Crippen LogP contribution in [0.1, 0.15) is 90.5 Å². The predicted octanol–water partition coefficient (Wildman–Crippen LogP) is 0.0617. The van der Waals surface area contributed by atoms with Crippen LogP contribution in [0.15, 0.2) is 22.1 Å². The van der Waals surface area contributed by atoms with Crippen LogP contribution in [0.4, 0.5) is 0 Å². The van der Waals surface area contributed by atoms with E-state index in [0.29, 0.717) is 13.7 Å². The second-order valence-electron chi connectivity index (χ2n) is 12.3. The fourth-order valence-electron chi connectivity index (χ4n) is 3.58. The average Bonchev–Trinajstić information content (AvgIpc) is 3.37. The number of hydrogen-bond acceptors (Lipinski definition) is 8. The van der Waals surface area contributed by atoms with Crippen molar-refractivity contribution < 1.29 is 1830 Å². The maximum atomic E-state index is 11.7. The third kappa shape index (κ3) is 316. The molecule has 0 bridgehead atoms. The SMILES string of the molecule is C.CC(=[N-])C(=[N-])N(C(=O)[C](C)=[W])[C](C)=[W].C[C-]=C([C](C)=[W])N(C(=O)[CH]=[W])[C](C)=[W].C[C-]=C([N]=[W])N(C(=O)[CH]=[W])[C](C)=[W].C[C](=[W])C(=[N-])N(C(=O)[CH]=[W])[C](C)=[W].C[C](=[W])C(=[N-])N([N]=[W])C(=O)[CH]=[W].C[C](=[W])N([C-]=O)C(=[N-])[N]=[W].[W].[W].[W].[W].[W].[W].[W].[W].[W].[W].[W].[W].[W].[W].[W].[W].[W].[W].[W].[W].[W].[W].[W].[W].[W].[W].[W].[W].[W].[W].[W].[W].[W].[W].[W].[W].[W].[W].[W].[W].[W].[W].[W].[W].[W].[W].[W].[W].[W].[W].[W].[W].[W].[W].[W].[W].[W].[W].[W].[W].[W].[W].[W].[W].[W].[W].[W].[W].[W].[W]=[W]. The Balaban J connectivity index is -0.00000000497. The number of guanidine groups is 1. The molecule has 0 spiro atoms. The van der Waals surface area contributed by atoms with E-state index in [9.17, 15) is 45.0 Å². The molecule has 0 aromatic heterocycles. The Kier molecular flexibility index (Phi) is 1350. The molecule has 0 N–H and O–H groups in total. The van der Waals surface area contributed by atoms with Crippen LogP contribution < -0.4 is 0 Å². The Hall–Kier alpha value is 52.2. The fourth-order valence-corrected chi connectivity index (χ4v) is 11.2. The number of rotatable bonds is 19. The topological polar surface area (TPSA) is 270 Å². The van der Waals surface area contributed by atoms with Gasteiger partial charge in [0.05, 0.1) is 0 Å². The van der Waals surface area contributed by atoms with E-state index in [1.807, 2.05) is 41.5 Å². The van der Waals surface area contributed by atoms with Crippen LogP contribution >= 0.6 is 0 Å². The van der Waals surface area contributed by atoms with Gasteiger partial charge in [0.2, 0.25) is 0 Å². The molecule has 0 fully saturated rings. The zero-order valence-corrected chi connectivity index (χ0v) is 326. The molecule has 0 saturated carbocycles. The van der Waals surface area contributed by atoms with E-state index in [4.69, 9.17) is 10.8 Å². The predicted molar refractivity (Wildman–Crippen MR) is 249 cm³/mol. The zero-order chi connectivity index (χ0) is 63.7. The Morgan fingerprint density at radius 1 is 0.250 bits per heavy atom. The molecule has 0 aromatic carbocycles. The second kappa shape index (κ2) is 382. The van der Waals surface area contributed by atoms with Crippen molar-refractivity contribution in [2.75, 3.05) is 0 Å². The number of amides is 6. The van der Waals surface area contributed by atoms with E-state index in [0.717, 1.165) is 239 Å². The Morgan fingerprint density at radius 3 is 0.547 bits per heavy atom. The van der Waals surface area contributed by atoms with E-state index in [1.54, 1.807) is 92.1 Å². The molecule has 0 aromatic rings. The van der Waals surface area contributed by atoms with E-state index < -0.39 is 0 Å². The van der Waals surface area contributed by atoms with E-state index >= 15 is 0 Å². The summed E-state index contributed by atoms with van der Waals surface area (Å²) in [7, 11) is 0. The number of amidine groups is 3. The minimum atomic E-state index is -0.386. The van der Waals surface area contributed by atoms with Crippen molar-refractivity contribution in [1.29, 1.82) is 0 Å². The van der Waals surface area contributed by atoms with Crippen LogP contribution in [0.2, 0.25) is 0 Å². The Morgan fingerprint density at radius 2 is 0.439 bits per heavy atom. The molecule has 844 valence electrons. The van der Waals surface area contributed by atoms with E-state index in [2.05, 4.69) is 22.7 Å². The molecule has 148 heavy (non-hydrogen) atoms. The van der Waals surface area contributed by atoms with Crippen molar-refractivity contribution in [3.8, 4) is 0 Å². The molecular formula is C41H44N14O6W87-8. The van der Waals surface area contributed by atoms with Gasteiger partial charge in [0.15, 0.2) is 0 Å². The van der Waals surface area contributed by atoms with Crippen molar-refractivity contribution in [2.24, 2.45) is 10.6 Å². The van der Waals surface area contributed by atoms with Gasteiger partial charge in [-0.2, -0.15) is 0 Å². The summed E-state index contributed by atoms with van der Waals surface area (Å²) in [6.07, 6.45) is 7.54. The quantitative estimate of drug-likeness (QED) is 0.0567. The number of carbonyl (C=O) groups excluding carboxylic acids is 6. The van der Waals surface area contributed by atoms with Crippen LogP contribution in [0.25, 0.3) is 27.0 Å². The summed E-state index contributed by atoms with van der Waals surface area (Å²) in [6.45, 7) is 21.4. The first-order valence-corrected chi connectivity index (χ1v) is 54.1. The second-order valence-corrected chi connectivity index (χ2v) is 37.0. The molecule has 0 saturated heterocycles. The maximum absolute atomic E-state index is 11.7. The number of hydrogen-bond donors (Lipinski definition) is 0. The first-order chi connectivity index (χ1) is 35.9. The molecule has 6 amide bonds. The molecule has 107 heteroatoms. The molecule has 0 aliphatic rings. The molecule has 0 aliphatic heterocycles. The van der Waals surface area contributed by atoms with Crippen LogP contribution in [0.5, 0.6) is 0 Å². The molecule has 0 atom stereocenters. The fraction of sp³-hybridized carbons (Fsp3) is 0.317. The van der Waals surface area contributed by atoms with Gasteiger partial charge in [-0.1, -0.05) is 7.43 Å². The van der Waals surface area contributed by atoms with Crippen LogP contribution in [-0.2, 0) is 1830 Å². The molecule has 0 rings (SSSR count). The average molecular weight is 16800 g/mol. The van der Waals surface area contributed by atoms with Gasteiger partial charge in [-0.3, -0.25) is 0 Å². The van der Waals surface area contributed by atoms with Crippen molar-refractivity contribution in [1.82, 2.24) is 29.5 Å². The number of nitrogens with zero attached hydrogens (tertiary/aromatic N) is 14. The Bertz CT molecular complexity index is 2660. The van der Waals surface area contributed by atoms with Crippen LogP contribution in [0.3, 0.4) is 0 Å². The van der Waals surface area contributed by atoms with Gasteiger partial charge in [-0.05, 0) is 0 Å². The van der Waals surface area contributed by atoms with Crippen molar-refractivity contribution in [2.45, 2.75) is 90.5 Å². The van der Waals surface area contributed by atoms with E-state index in [-0.39, 0.29) is 1520 Å². The number of allylic oxidation sites excluding steroid dienone is 3. The van der Waals surface area contributed by atoms with Crippen molar-refractivity contribution in [3.63, 3.8) is 0 Å². The molecule has 0 unspecified atom stereocenters. The van der Waals surface area contributed by atoms with Gasteiger partial charge in [0, 0.05) is 1450 Å². The Labute approximate surface area is 2060 Å². The summed E-state index contributed by atoms with van der Waals surface area (Å²) in [4.78, 5) is 74.3. The first-order valence-electron chi connectivity index (χ1n) is 19.2. The van der Waals surface area contributed by atoms with Crippen LogP contribution in [-0.4, -0.2) is 148 Å². The third-order valence-electron chi connectivity index (χ3n) is 6.70. The minimum absolute atomic E-state index is 0. The normalized spacial score (nSPS) is 4.81. The summed E-state index contributed by atoms with van der Waals surface area (Å²) in [6, 6.07) is 0. The monoisotopic (exact) mass is 16800 g/mol. The summed E-state index contributed by atoms with van der Waals surface area (Å²) in [5.74, 6) is -0.593. The molecule has 0 heterocycles. The summed E-state index contributed by atoms with van der Waals surface area (Å²) >= 11 is 21.3. The molecular weight excluding hydrogens is 16800 g/mol. The summed E-state index contributed by atoms with van der Waals surface area (Å²) in [5.41, 5.74) is 0.671. The van der Waals surface area contributed by atoms with Gasteiger partial charge in [-0.25, -0.2) is 0 Å².